The second-order valence-electron chi connectivity index (χ2n) is 4.48. The minimum atomic E-state index is 0. The second-order valence-corrected chi connectivity index (χ2v) is 5.35. The third kappa shape index (κ3) is 6.24. The van der Waals surface area contributed by atoms with Crippen LogP contribution in [0.4, 0.5) is 0 Å². The molecule has 0 bridgehead atoms. The number of benzene rings is 2. The first-order chi connectivity index (χ1) is 10.6. The zero-order valence-electron chi connectivity index (χ0n) is 12.0. The summed E-state index contributed by atoms with van der Waals surface area (Å²) in [6.07, 6.45) is 3.10. The molecule has 0 saturated carbocycles. The van der Waals surface area contributed by atoms with E-state index in [4.69, 9.17) is 23.2 Å². The van der Waals surface area contributed by atoms with Gasteiger partial charge in [0.05, 0.1) is 13.1 Å². The van der Waals surface area contributed by atoms with Gasteiger partial charge in [0.2, 0.25) is 0 Å². The first-order valence-electron chi connectivity index (χ1n) is 6.53. The number of aromatic hydroxyl groups is 2. The summed E-state index contributed by atoms with van der Waals surface area (Å²) < 4.78 is 0. The molecule has 2 aromatic rings. The molecular formula is C16H14Cl2MnN2O2. The van der Waals surface area contributed by atoms with Crippen molar-refractivity contribution < 1.29 is 27.3 Å². The van der Waals surface area contributed by atoms with Gasteiger partial charge in [-0.15, -0.1) is 0 Å². The molecule has 0 heterocycles. The monoisotopic (exact) mass is 391 g/mol. The maximum absolute atomic E-state index is 9.62. The van der Waals surface area contributed by atoms with E-state index in [-0.39, 0.29) is 28.6 Å². The molecule has 121 valence electrons. The van der Waals surface area contributed by atoms with Crippen LogP contribution < -0.4 is 0 Å². The molecule has 0 aliphatic carbocycles. The van der Waals surface area contributed by atoms with Crippen LogP contribution in [0, 0.1) is 0 Å². The number of aliphatic imine (C=N–C) groups is 2. The van der Waals surface area contributed by atoms with Crippen LogP contribution in [0.25, 0.3) is 0 Å². The SMILES string of the molecule is Oc1ccc(Cl)cc1C=NCCN=Cc1cc(Cl)ccc1O.[Mn]. The van der Waals surface area contributed by atoms with Gasteiger partial charge in [-0.25, -0.2) is 0 Å². The summed E-state index contributed by atoms with van der Waals surface area (Å²) in [6.45, 7) is 0.896. The van der Waals surface area contributed by atoms with Crippen LogP contribution in [-0.4, -0.2) is 35.7 Å². The Morgan fingerprint density at radius 3 is 1.57 bits per heavy atom. The van der Waals surface area contributed by atoms with Crippen molar-refractivity contribution in [2.24, 2.45) is 9.98 Å². The number of phenols is 2. The Labute approximate surface area is 155 Å². The number of hydrogen-bond donors (Lipinski definition) is 2. The van der Waals surface area contributed by atoms with Gasteiger partial charge in [-0.2, -0.15) is 0 Å². The topological polar surface area (TPSA) is 65.2 Å². The van der Waals surface area contributed by atoms with E-state index in [1.54, 1.807) is 36.7 Å². The van der Waals surface area contributed by atoms with Crippen LogP contribution in [-0.2, 0) is 17.1 Å². The molecule has 0 aromatic heterocycles. The third-order valence-corrected chi connectivity index (χ3v) is 3.27. The zero-order chi connectivity index (χ0) is 15.9. The maximum Gasteiger partial charge on any atom is 0.124 e. The van der Waals surface area contributed by atoms with Crippen molar-refractivity contribution in [1.29, 1.82) is 0 Å². The average molecular weight is 392 g/mol. The van der Waals surface area contributed by atoms with Crippen molar-refractivity contribution in [2.45, 2.75) is 0 Å². The molecule has 2 aromatic carbocycles. The van der Waals surface area contributed by atoms with Gasteiger partial charge in [0.25, 0.3) is 0 Å². The molecule has 23 heavy (non-hydrogen) atoms. The van der Waals surface area contributed by atoms with Crippen LogP contribution in [0.5, 0.6) is 11.5 Å². The van der Waals surface area contributed by atoms with E-state index in [9.17, 15) is 10.2 Å². The van der Waals surface area contributed by atoms with Gasteiger partial charge in [0, 0.05) is 50.7 Å². The van der Waals surface area contributed by atoms with E-state index in [1.165, 1.54) is 12.1 Å². The fourth-order valence-electron chi connectivity index (χ4n) is 1.70. The quantitative estimate of drug-likeness (QED) is 0.460. The third-order valence-electron chi connectivity index (χ3n) is 2.80. The summed E-state index contributed by atoms with van der Waals surface area (Å²) in [6, 6.07) is 9.51. The van der Waals surface area contributed by atoms with Crippen LogP contribution in [0.1, 0.15) is 11.1 Å². The Kier molecular flexibility index (Phi) is 8.13. The molecule has 7 heteroatoms. The molecule has 0 atom stereocenters. The number of halogens is 2. The number of hydrogen-bond acceptors (Lipinski definition) is 4. The molecule has 0 unspecified atom stereocenters. The first kappa shape index (κ1) is 19.5. The molecule has 0 spiro atoms. The van der Waals surface area contributed by atoms with Gasteiger partial charge in [0.15, 0.2) is 0 Å². The fourth-order valence-corrected chi connectivity index (χ4v) is 2.06. The van der Waals surface area contributed by atoms with Gasteiger partial charge in [-0.1, -0.05) is 23.2 Å². The molecular weight excluding hydrogens is 378 g/mol. The number of nitrogens with zero attached hydrogens (tertiary/aromatic N) is 2. The first-order valence-corrected chi connectivity index (χ1v) is 7.28. The molecule has 2 N–H and O–H groups in total. The largest absolute Gasteiger partial charge is 0.507 e. The Balaban J connectivity index is 0.00000264. The summed E-state index contributed by atoms with van der Waals surface area (Å²) in [7, 11) is 0. The molecule has 0 saturated heterocycles. The average Bonchev–Trinajstić information content (AvgIpc) is 2.49. The molecule has 0 aliphatic heterocycles. The number of phenolic OH excluding ortho intramolecular Hbond substituents is 2. The van der Waals surface area contributed by atoms with Crippen molar-refractivity contribution in [3.63, 3.8) is 0 Å². The Bertz CT molecular complexity index is 660. The summed E-state index contributed by atoms with van der Waals surface area (Å²) in [5, 5.41) is 20.3. The fraction of sp³-hybridized carbons (Fsp3) is 0.125. The van der Waals surface area contributed by atoms with Crippen molar-refractivity contribution in [1.82, 2.24) is 0 Å². The molecule has 2 rings (SSSR count). The van der Waals surface area contributed by atoms with Crippen molar-refractivity contribution in [3.8, 4) is 11.5 Å². The van der Waals surface area contributed by atoms with E-state index >= 15 is 0 Å². The van der Waals surface area contributed by atoms with Gasteiger partial charge in [-0.3, -0.25) is 9.98 Å². The standard InChI is InChI=1S/C16H14Cl2N2O2.Mn/c17-13-1-3-15(21)11(7-13)9-19-5-6-20-10-12-8-14(18)2-4-16(12)22;/h1-4,7-10,21-22H,5-6H2;. The predicted molar refractivity (Wildman–Crippen MR) is 91.2 cm³/mol. The van der Waals surface area contributed by atoms with Crippen molar-refractivity contribution in [2.75, 3.05) is 13.1 Å². The molecule has 4 nitrogen and oxygen atoms in total. The molecule has 1 radical (unpaired) electrons. The van der Waals surface area contributed by atoms with E-state index < -0.39 is 0 Å². The van der Waals surface area contributed by atoms with Crippen molar-refractivity contribution >= 4 is 35.6 Å². The van der Waals surface area contributed by atoms with Gasteiger partial charge in [0.1, 0.15) is 11.5 Å². The van der Waals surface area contributed by atoms with Gasteiger partial charge in [-0.05, 0) is 36.4 Å². The Hall–Kier alpha value is -1.52. The van der Waals surface area contributed by atoms with Crippen molar-refractivity contribution in [3.05, 3.63) is 57.6 Å². The maximum atomic E-state index is 9.62. The second kappa shape index (κ2) is 9.58. The van der Waals surface area contributed by atoms with Gasteiger partial charge >= 0.3 is 0 Å². The predicted octanol–water partition coefficient (Wildman–Crippen LogP) is 3.94. The van der Waals surface area contributed by atoms with E-state index in [1.807, 2.05) is 0 Å². The van der Waals surface area contributed by atoms with E-state index in [0.717, 1.165) is 0 Å². The van der Waals surface area contributed by atoms with Crippen LogP contribution in [0.2, 0.25) is 10.0 Å². The minimum absolute atomic E-state index is 0. The molecule has 0 aliphatic rings. The summed E-state index contributed by atoms with van der Waals surface area (Å²) in [5.74, 6) is 0.251. The van der Waals surface area contributed by atoms with Crippen LogP contribution in [0.3, 0.4) is 0 Å². The Morgan fingerprint density at radius 1 is 0.783 bits per heavy atom. The molecule has 0 fully saturated rings. The van der Waals surface area contributed by atoms with E-state index in [2.05, 4.69) is 9.98 Å². The summed E-state index contributed by atoms with van der Waals surface area (Å²) >= 11 is 11.7. The number of rotatable bonds is 5. The van der Waals surface area contributed by atoms with Gasteiger partial charge < -0.3 is 10.2 Å². The Morgan fingerprint density at radius 2 is 1.17 bits per heavy atom. The zero-order valence-corrected chi connectivity index (χ0v) is 14.6. The molecule has 0 amide bonds. The minimum Gasteiger partial charge on any atom is -0.507 e. The summed E-state index contributed by atoms with van der Waals surface area (Å²) in [4.78, 5) is 8.34. The van der Waals surface area contributed by atoms with Crippen LogP contribution >= 0.6 is 23.2 Å². The normalized spacial score (nSPS) is 11.0. The van der Waals surface area contributed by atoms with E-state index in [0.29, 0.717) is 34.3 Å². The smallest absolute Gasteiger partial charge is 0.124 e. The summed E-state index contributed by atoms with van der Waals surface area (Å²) in [5.41, 5.74) is 1.12. The van der Waals surface area contributed by atoms with Crippen LogP contribution in [0.15, 0.2) is 46.4 Å².